The fraction of sp³-hybridized carbons (Fsp3) is 0. The minimum Gasteiger partial charge on any atom is -0.268 e. The van der Waals surface area contributed by atoms with Gasteiger partial charge in [0.25, 0.3) is 21.6 Å². The maximum Gasteiger partial charge on any atom is 0.269 e. The summed E-state index contributed by atoms with van der Waals surface area (Å²) in [5.41, 5.74) is -0.230. The van der Waals surface area contributed by atoms with E-state index in [0.717, 1.165) is 24.3 Å². The number of nitrogens with zero attached hydrogens (tertiary/aromatic N) is 1. The molecule has 0 radical (unpaired) electrons. The number of nitro groups is 1. The molecule has 1 N–H and O–H groups in total. The van der Waals surface area contributed by atoms with E-state index in [9.17, 15) is 23.3 Å². The van der Waals surface area contributed by atoms with Crippen LogP contribution >= 0.6 is 11.6 Å². The zero-order valence-electron chi connectivity index (χ0n) is 10.9. The van der Waals surface area contributed by atoms with E-state index in [2.05, 4.69) is 0 Å². The third-order valence-corrected chi connectivity index (χ3v) is 4.52. The highest BCUT2D eigenvalue weighted by Crippen LogP contribution is 2.20. The van der Waals surface area contributed by atoms with Crippen molar-refractivity contribution in [3.63, 3.8) is 0 Å². The molecule has 0 bridgehead atoms. The fourth-order valence-corrected chi connectivity index (χ4v) is 3.13. The third-order valence-electron chi connectivity index (χ3n) is 2.69. The minimum atomic E-state index is -4.13. The molecule has 2 rings (SSSR count). The lowest BCUT2D eigenvalue weighted by Crippen LogP contribution is -2.30. The minimum absolute atomic E-state index is 0.0218. The Morgan fingerprint density at radius 2 is 1.68 bits per heavy atom. The Morgan fingerprint density at radius 3 is 2.23 bits per heavy atom. The first kappa shape index (κ1) is 15.9. The quantitative estimate of drug-likeness (QED) is 0.679. The van der Waals surface area contributed by atoms with Gasteiger partial charge in [0.2, 0.25) is 0 Å². The van der Waals surface area contributed by atoms with Crippen LogP contribution in [0.15, 0.2) is 53.4 Å². The summed E-state index contributed by atoms with van der Waals surface area (Å²) in [5.74, 6) is -0.908. The van der Waals surface area contributed by atoms with Crippen molar-refractivity contribution in [2.75, 3.05) is 0 Å². The second kappa shape index (κ2) is 6.12. The summed E-state index contributed by atoms with van der Waals surface area (Å²) in [6, 6.07) is 10.2. The number of halogens is 1. The van der Waals surface area contributed by atoms with Gasteiger partial charge in [0.05, 0.1) is 9.95 Å². The molecule has 0 heterocycles. The summed E-state index contributed by atoms with van der Waals surface area (Å²) in [6.07, 6.45) is 0. The van der Waals surface area contributed by atoms with Crippen molar-refractivity contribution in [1.29, 1.82) is 0 Å². The van der Waals surface area contributed by atoms with E-state index in [1.165, 1.54) is 18.2 Å². The zero-order chi connectivity index (χ0) is 16.3. The van der Waals surface area contributed by atoms with E-state index in [1.54, 1.807) is 6.07 Å². The first-order valence-corrected chi connectivity index (χ1v) is 7.73. The van der Waals surface area contributed by atoms with Crippen LogP contribution in [-0.2, 0) is 10.0 Å². The highest BCUT2D eigenvalue weighted by Gasteiger charge is 2.21. The molecule has 2 aromatic rings. The number of nitro benzene ring substituents is 1. The third kappa shape index (κ3) is 3.41. The Bertz CT molecular complexity index is 834. The van der Waals surface area contributed by atoms with Gasteiger partial charge in [0.1, 0.15) is 4.90 Å². The van der Waals surface area contributed by atoms with Crippen LogP contribution in [0.1, 0.15) is 10.4 Å². The molecule has 0 saturated heterocycles. The maximum absolute atomic E-state index is 12.1. The molecule has 0 atom stereocenters. The Kier molecular flexibility index (Phi) is 4.43. The van der Waals surface area contributed by atoms with Crippen LogP contribution in [0.2, 0.25) is 5.02 Å². The van der Waals surface area contributed by atoms with Gasteiger partial charge in [-0.25, -0.2) is 13.1 Å². The number of hydrogen-bond donors (Lipinski definition) is 1. The number of carbonyl (C=O) groups excluding carboxylic acids is 1. The second-order valence-corrected chi connectivity index (χ2v) is 6.23. The number of non-ortho nitro benzene ring substituents is 1. The SMILES string of the molecule is O=C(NS(=O)(=O)c1ccccc1Cl)c1ccc([N+](=O)[O-])cc1. The average Bonchev–Trinajstić information content (AvgIpc) is 2.47. The van der Waals surface area contributed by atoms with Crippen molar-refractivity contribution in [2.45, 2.75) is 4.90 Å². The Hall–Kier alpha value is -2.45. The van der Waals surface area contributed by atoms with Crippen LogP contribution < -0.4 is 4.72 Å². The Labute approximate surface area is 130 Å². The summed E-state index contributed by atoms with van der Waals surface area (Å²) >= 11 is 5.79. The molecule has 0 unspecified atom stereocenters. The van der Waals surface area contributed by atoms with E-state index >= 15 is 0 Å². The molecule has 0 spiro atoms. The summed E-state index contributed by atoms with van der Waals surface area (Å²) < 4.78 is 26.0. The highest BCUT2D eigenvalue weighted by atomic mass is 35.5. The molecule has 22 heavy (non-hydrogen) atoms. The van der Waals surface area contributed by atoms with E-state index in [1.807, 2.05) is 4.72 Å². The second-order valence-electron chi connectivity index (χ2n) is 4.17. The van der Waals surface area contributed by atoms with Crippen LogP contribution in [0.25, 0.3) is 0 Å². The number of sulfonamides is 1. The standard InChI is InChI=1S/C13H9ClN2O5S/c14-11-3-1-2-4-12(11)22(20,21)15-13(17)9-5-7-10(8-6-9)16(18)19/h1-8H,(H,15,17). The van der Waals surface area contributed by atoms with Crippen LogP contribution in [0.5, 0.6) is 0 Å². The predicted octanol–water partition coefficient (Wildman–Crippen LogP) is 2.37. The first-order chi connectivity index (χ1) is 10.3. The fourth-order valence-electron chi connectivity index (χ4n) is 1.63. The van der Waals surface area contributed by atoms with Crippen LogP contribution in [0, 0.1) is 10.1 Å². The van der Waals surface area contributed by atoms with Gasteiger partial charge < -0.3 is 0 Å². The average molecular weight is 341 g/mol. The molecule has 0 aromatic heterocycles. The number of amides is 1. The summed E-state index contributed by atoms with van der Waals surface area (Å²) in [7, 11) is -4.13. The van der Waals surface area contributed by atoms with Crippen molar-refractivity contribution < 1.29 is 18.1 Å². The van der Waals surface area contributed by atoms with Gasteiger partial charge in [0, 0.05) is 17.7 Å². The Morgan fingerprint density at radius 1 is 1.09 bits per heavy atom. The van der Waals surface area contributed by atoms with Crippen LogP contribution in [0.3, 0.4) is 0 Å². The van der Waals surface area contributed by atoms with Gasteiger partial charge in [0.15, 0.2) is 0 Å². The lowest BCUT2D eigenvalue weighted by molar-refractivity contribution is -0.384. The number of rotatable bonds is 4. The van der Waals surface area contributed by atoms with Gasteiger partial charge in [-0.1, -0.05) is 23.7 Å². The molecular weight excluding hydrogens is 332 g/mol. The monoisotopic (exact) mass is 340 g/mol. The Balaban J connectivity index is 2.24. The van der Waals surface area contributed by atoms with E-state index in [-0.39, 0.29) is 21.2 Å². The normalized spacial score (nSPS) is 11.0. The molecule has 114 valence electrons. The van der Waals surface area contributed by atoms with Crippen molar-refractivity contribution in [2.24, 2.45) is 0 Å². The van der Waals surface area contributed by atoms with Gasteiger partial charge >= 0.3 is 0 Å². The summed E-state index contributed by atoms with van der Waals surface area (Å²) in [6.45, 7) is 0. The predicted molar refractivity (Wildman–Crippen MR) is 79.2 cm³/mol. The van der Waals surface area contributed by atoms with E-state index in [4.69, 9.17) is 11.6 Å². The largest absolute Gasteiger partial charge is 0.269 e. The van der Waals surface area contributed by atoms with Crippen LogP contribution in [-0.4, -0.2) is 19.2 Å². The number of hydrogen-bond acceptors (Lipinski definition) is 5. The van der Waals surface area contributed by atoms with Gasteiger partial charge in [-0.3, -0.25) is 14.9 Å². The molecule has 0 aliphatic rings. The molecule has 1 amide bonds. The van der Waals surface area contributed by atoms with Gasteiger partial charge in [-0.05, 0) is 24.3 Å². The molecular formula is C13H9ClN2O5S. The number of nitrogens with one attached hydrogen (secondary N) is 1. The summed E-state index contributed by atoms with van der Waals surface area (Å²) in [4.78, 5) is 21.6. The molecule has 2 aromatic carbocycles. The van der Waals surface area contributed by atoms with Gasteiger partial charge in [-0.15, -0.1) is 0 Å². The zero-order valence-corrected chi connectivity index (χ0v) is 12.5. The molecule has 0 aliphatic heterocycles. The molecule has 0 saturated carbocycles. The molecule has 0 aliphatic carbocycles. The summed E-state index contributed by atoms with van der Waals surface area (Å²) in [5, 5.41) is 10.5. The van der Waals surface area contributed by atoms with Crippen molar-refractivity contribution in [3.8, 4) is 0 Å². The first-order valence-electron chi connectivity index (χ1n) is 5.87. The number of carbonyl (C=O) groups is 1. The van der Waals surface area contributed by atoms with Crippen molar-refractivity contribution in [1.82, 2.24) is 4.72 Å². The lowest BCUT2D eigenvalue weighted by atomic mass is 10.2. The van der Waals surface area contributed by atoms with Gasteiger partial charge in [-0.2, -0.15) is 0 Å². The van der Waals surface area contributed by atoms with Crippen LogP contribution in [0.4, 0.5) is 5.69 Å². The van der Waals surface area contributed by atoms with E-state index in [0.29, 0.717) is 0 Å². The number of benzene rings is 2. The van der Waals surface area contributed by atoms with Crippen molar-refractivity contribution in [3.05, 3.63) is 69.2 Å². The molecule has 7 nitrogen and oxygen atoms in total. The van der Waals surface area contributed by atoms with Crippen molar-refractivity contribution >= 4 is 33.2 Å². The molecule has 0 fully saturated rings. The molecule has 9 heteroatoms. The van der Waals surface area contributed by atoms with E-state index < -0.39 is 20.9 Å². The maximum atomic E-state index is 12.1. The smallest absolute Gasteiger partial charge is 0.268 e. The topological polar surface area (TPSA) is 106 Å². The lowest BCUT2D eigenvalue weighted by Gasteiger charge is -2.08. The highest BCUT2D eigenvalue weighted by molar-refractivity contribution is 7.90.